The van der Waals surface area contributed by atoms with E-state index in [-0.39, 0.29) is 11.4 Å². The van der Waals surface area contributed by atoms with Crippen LogP contribution < -0.4 is 0 Å². The van der Waals surface area contributed by atoms with Gasteiger partial charge < -0.3 is 10.1 Å². The molecule has 0 aliphatic heterocycles. The molecule has 0 aromatic carbocycles. The molecule has 0 amide bonds. The topological polar surface area (TPSA) is 56.0 Å². The maximum atomic E-state index is 12.3. The summed E-state index contributed by atoms with van der Waals surface area (Å²) >= 11 is 0. The van der Waals surface area contributed by atoms with Crippen LogP contribution in [0.5, 0.6) is 0 Å². The standard InChI is InChI=1S/C6H5FN2O2.C2H6/c1-4-2-5(7)3-8-6(4)9(10)11;1-2/h2-3H,1H3;1-2H3. The van der Waals surface area contributed by atoms with Crippen molar-refractivity contribution in [1.29, 1.82) is 0 Å². The van der Waals surface area contributed by atoms with Crippen LogP contribution >= 0.6 is 0 Å². The molecule has 5 heteroatoms. The van der Waals surface area contributed by atoms with Gasteiger partial charge in [-0.1, -0.05) is 13.8 Å². The summed E-state index contributed by atoms with van der Waals surface area (Å²) < 4.78 is 12.3. The van der Waals surface area contributed by atoms with Crippen LogP contribution in [0, 0.1) is 22.9 Å². The number of pyridine rings is 1. The molecule has 0 N–H and O–H groups in total. The van der Waals surface area contributed by atoms with E-state index in [0.29, 0.717) is 0 Å². The molecule has 1 aromatic heterocycles. The Morgan fingerprint density at radius 2 is 2.08 bits per heavy atom. The molecule has 0 aliphatic carbocycles. The van der Waals surface area contributed by atoms with Gasteiger partial charge in [0, 0.05) is 5.56 Å². The van der Waals surface area contributed by atoms with E-state index < -0.39 is 10.7 Å². The second kappa shape index (κ2) is 5.18. The second-order valence-corrected chi connectivity index (χ2v) is 2.05. The van der Waals surface area contributed by atoms with Gasteiger partial charge >= 0.3 is 5.82 Å². The Kier molecular flexibility index (Phi) is 4.58. The Bertz CT molecular complexity index is 302. The number of hydrogen-bond acceptors (Lipinski definition) is 3. The van der Waals surface area contributed by atoms with Gasteiger partial charge in [0.05, 0.1) is 0 Å². The Morgan fingerprint density at radius 3 is 2.46 bits per heavy atom. The molecular formula is C8H11FN2O2. The summed E-state index contributed by atoms with van der Waals surface area (Å²) in [5, 5.41) is 10.2. The predicted molar refractivity (Wildman–Crippen MR) is 46.9 cm³/mol. The van der Waals surface area contributed by atoms with Gasteiger partial charge in [-0.2, -0.15) is 0 Å². The average molecular weight is 186 g/mol. The van der Waals surface area contributed by atoms with E-state index in [1.807, 2.05) is 13.8 Å². The van der Waals surface area contributed by atoms with Crippen molar-refractivity contribution in [3.8, 4) is 0 Å². The first kappa shape index (κ1) is 11.5. The molecule has 13 heavy (non-hydrogen) atoms. The summed E-state index contributed by atoms with van der Waals surface area (Å²) in [7, 11) is 0. The third-order valence-corrected chi connectivity index (χ3v) is 1.19. The molecule has 0 unspecified atom stereocenters. The second-order valence-electron chi connectivity index (χ2n) is 2.05. The zero-order valence-corrected chi connectivity index (χ0v) is 7.74. The fraction of sp³-hybridized carbons (Fsp3) is 0.375. The molecule has 0 radical (unpaired) electrons. The van der Waals surface area contributed by atoms with E-state index in [1.54, 1.807) is 0 Å². The van der Waals surface area contributed by atoms with Crippen LogP contribution in [-0.2, 0) is 0 Å². The van der Waals surface area contributed by atoms with E-state index in [9.17, 15) is 14.5 Å². The van der Waals surface area contributed by atoms with Crippen molar-refractivity contribution in [3.05, 3.63) is 33.8 Å². The van der Waals surface area contributed by atoms with Crippen LogP contribution in [0.15, 0.2) is 12.3 Å². The minimum absolute atomic E-state index is 0.231. The summed E-state index contributed by atoms with van der Waals surface area (Å²) in [5.74, 6) is -0.862. The van der Waals surface area contributed by atoms with Gasteiger partial charge in [0.15, 0.2) is 12.0 Å². The maximum Gasteiger partial charge on any atom is 0.366 e. The van der Waals surface area contributed by atoms with E-state index in [1.165, 1.54) is 6.92 Å². The SMILES string of the molecule is CC.Cc1cc(F)cnc1[N+](=O)[O-]. The molecule has 0 saturated heterocycles. The molecule has 4 nitrogen and oxygen atoms in total. The molecule has 0 saturated carbocycles. The van der Waals surface area contributed by atoms with Crippen molar-refractivity contribution in [2.45, 2.75) is 20.8 Å². The highest BCUT2D eigenvalue weighted by Crippen LogP contribution is 2.13. The van der Waals surface area contributed by atoms with Gasteiger partial charge in [-0.15, -0.1) is 0 Å². The number of rotatable bonds is 1. The lowest BCUT2D eigenvalue weighted by molar-refractivity contribution is -0.390. The Balaban J connectivity index is 0.000000671. The van der Waals surface area contributed by atoms with Gasteiger partial charge in [-0.3, -0.25) is 0 Å². The normalized spacial score (nSPS) is 8.62. The fourth-order valence-corrected chi connectivity index (χ4v) is 0.724. The van der Waals surface area contributed by atoms with E-state index in [4.69, 9.17) is 0 Å². The molecule has 1 rings (SSSR count). The molecule has 1 aromatic rings. The van der Waals surface area contributed by atoms with Crippen LogP contribution in [0.3, 0.4) is 0 Å². The van der Waals surface area contributed by atoms with Gasteiger partial charge in [0.25, 0.3) is 0 Å². The number of nitro groups is 1. The molecular weight excluding hydrogens is 175 g/mol. The highest BCUT2D eigenvalue weighted by molar-refractivity contribution is 5.30. The molecule has 0 aliphatic rings. The summed E-state index contributed by atoms with van der Waals surface area (Å²) in [4.78, 5) is 12.8. The van der Waals surface area contributed by atoms with Gasteiger partial charge in [0.1, 0.15) is 0 Å². The van der Waals surface area contributed by atoms with Crippen molar-refractivity contribution in [1.82, 2.24) is 4.98 Å². The summed E-state index contributed by atoms with van der Waals surface area (Å²) in [6.45, 7) is 5.44. The monoisotopic (exact) mass is 186 g/mol. The van der Waals surface area contributed by atoms with Crippen molar-refractivity contribution >= 4 is 5.82 Å². The molecule has 0 fully saturated rings. The van der Waals surface area contributed by atoms with Crippen LogP contribution in [0.1, 0.15) is 19.4 Å². The van der Waals surface area contributed by atoms with Crippen molar-refractivity contribution in [3.63, 3.8) is 0 Å². The predicted octanol–water partition coefficient (Wildman–Crippen LogP) is 2.46. The zero-order chi connectivity index (χ0) is 10.4. The van der Waals surface area contributed by atoms with Crippen LogP contribution in [0.4, 0.5) is 10.2 Å². The lowest BCUT2D eigenvalue weighted by atomic mass is 10.3. The van der Waals surface area contributed by atoms with E-state index in [0.717, 1.165) is 12.3 Å². The Labute approximate surface area is 75.6 Å². The van der Waals surface area contributed by atoms with Gasteiger partial charge in [-0.25, -0.2) is 4.39 Å². The average Bonchev–Trinajstić information content (AvgIpc) is 2.07. The number of aryl methyl sites for hydroxylation is 1. The minimum atomic E-state index is -0.644. The largest absolute Gasteiger partial charge is 0.366 e. The minimum Gasteiger partial charge on any atom is -0.358 e. The summed E-state index contributed by atoms with van der Waals surface area (Å²) in [5.41, 5.74) is 0.231. The Hall–Kier alpha value is -1.52. The van der Waals surface area contributed by atoms with E-state index >= 15 is 0 Å². The number of aromatic nitrogens is 1. The van der Waals surface area contributed by atoms with Gasteiger partial charge in [0.2, 0.25) is 0 Å². The fourth-order valence-electron chi connectivity index (χ4n) is 0.724. The lowest BCUT2D eigenvalue weighted by Gasteiger charge is -1.94. The summed E-state index contributed by atoms with van der Waals surface area (Å²) in [6, 6.07) is 1.07. The molecule has 1 heterocycles. The van der Waals surface area contributed by atoms with Crippen LogP contribution in [0.2, 0.25) is 0 Å². The van der Waals surface area contributed by atoms with Crippen molar-refractivity contribution in [2.75, 3.05) is 0 Å². The molecule has 72 valence electrons. The quantitative estimate of drug-likeness (QED) is 0.500. The lowest BCUT2D eigenvalue weighted by Crippen LogP contribution is -1.95. The first-order chi connectivity index (χ1) is 6.11. The molecule has 0 atom stereocenters. The van der Waals surface area contributed by atoms with Crippen LogP contribution in [0.25, 0.3) is 0 Å². The number of hydrogen-bond donors (Lipinski definition) is 0. The Morgan fingerprint density at radius 1 is 1.54 bits per heavy atom. The number of halogens is 1. The zero-order valence-electron chi connectivity index (χ0n) is 7.74. The first-order valence-electron chi connectivity index (χ1n) is 3.88. The first-order valence-corrected chi connectivity index (χ1v) is 3.88. The van der Waals surface area contributed by atoms with Crippen molar-refractivity contribution < 1.29 is 9.31 Å². The highest BCUT2D eigenvalue weighted by atomic mass is 19.1. The van der Waals surface area contributed by atoms with Crippen molar-refractivity contribution in [2.24, 2.45) is 0 Å². The molecule has 0 bridgehead atoms. The maximum absolute atomic E-state index is 12.3. The highest BCUT2D eigenvalue weighted by Gasteiger charge is 2.11. The third-order valence-electron chi connectivity index (χ3n) is 1.19. The molecule has 0 spiro atoms. The van der Waals surface area contributed by atoms with E-state index in [2.05, 4.69) is 4.98 Å². The smallest absolute Gasteiger partial charge is 0.358 e. The summed E-state index contributed by atoms with van der Waals surface area (Å²) in [6.07, 6.45) is 0.825. The third kappa shape index (κ3) is 3.14. The number of nitrogens with zero attached hydrogens (tertiary/aromatic N) is 2. The van der Waals surface area contributed by atoms with Gasteiger partial charge in [-0.05, 0) is 22.9 Å². The van der Waals surface area contributed by atoms with Crippen LogP contribution in [-0.4, -0.2) is 9.91 Å².